The number of benzene rings is 1. The van der Waals surface area contributed by atoms with Crippen molar-refractivity contribution in [2.45, 2.75) is 26.2 Å². The Hall–Kier alpha value is -1.16. The van der Waals surface area contributed by atoms with Crippen molar-refractivity contribution in [1.82, 2.24) is 5.32 Å². The quantitative estimate of drug-likeness (QED) is 0.896. The Kier molecular flexibility index (Phi) is 3.57. The Morgan fingerprint density at radius 3 is 2.61 bits per heavy atom. The fourth-order valence-corrected chi connectivity index (χ4v) is 2.66. The SMILES string of the molecule is COc1c(C)cc(C)cc1C(F)(F)C1CCNC1. The minimum Gasteiger partial charge on any atom is -0.496 e. The molecule has 1 N–H and O–H groups in total. The van der Waals surface area contributed by atoms with Crippen LogP contribution in [0.5, 0.6) is 5.75 Å². The van der Waals surface area contributed by atoms with E-state index >= 15 is 0 Å². The molecule has 0 bridgehead atoms. The van der Waals surface area contributed by atoms with Crippen LogP contribution in [0.2, 0.25) is 0 Å². The summed E-state index contributed by atoms with van der Waals surface area (Å²) in [5.41, 5.74) is 1.63. The predicted octanol–water partition coefficient (Wildman–Crippen LogP) is 3.01. The molecule has 0 amide bonds. The van der Waals surface area contributed by atoms with Gasteiger partial charge < -0.3 is 10.1 Å². The number of hydrogen-bond donors (Lipinski definition) is 1. The summed E-state index contributed by atoms with van der Waals surface area (Å²) in [4.78, 5) is 0. The van der Waals surface area contributed by atoms with E-state index in [0.717, 1.165) is 11.1 Å². The summed E-state index contributed by atoms with van der Waals surface area (Å²) in [7, 11) is 1.45. The lowest BCUT2D eigenvalue weighted by atomic mass is 9.91. The van der Waals surface area contributed by atoms with Crippen LogP contribution in [0.3, 0.4) is 0 Å². The van der Waals surface area contributed by atoms with Gasteiger partial charge in [0.05, 0.1) is 12.7 Å². The molecular weight excluding hydrogens is 236 g/mol. The Morgan fingerprint density at radius 1 is 1.33 bits per heavy atom. The van der Waals surface area contributed by atoms with E-state index in [1.54, 1.807) is 13.0 Å². The van der Waals surface area contributed by atoms with E-state index < -0.39 is 11.8 Å². The molecule has 18 heavy (non-hydrogen) atoms. The first-order valence-electron chi connectivity index (χ1n) is 6.21. The standard InChI is InChI=1S/C14H19F2NO/c1-9-6-10(2)13(18-3)12(7-9)14(15,16)11-4-5-17-8-11/h6-7,11,17H,4-5,8H2,1-3H3. The summed E-state index contributed by atoms with van der Waals surface area (Å²) in [6.07, 6.45) is 0.503. The number of aryl methyl sites for hydroxylation is 2. The molecule has 4 heteroatoms. The normalized spacial score (nSPS) is 20.2. The molecule has 1 fully saturated rings. The molecular formula is C14H19F2NO. The van der Waals surface area contributed by atoms with E-state index in [9.17, 15) is 8.78 Å². The smallest absolute Gasteiger partial charge is 0.280 e. The van der Waals surface area contributed by atoms with Crippen LogP contribution in [0.4, 0.5) is 8.78 Å². The Bertz CT molecular complexity index is 440. The molecule has 1 unspecified atom stereocenters. The fourth-order valence-electron chi connectivity index (χ4n) is 2.66. The first-order valence-corrected chi connectivity index (χ1v) is 6.21. The first-order chi connectivity index (χ1) is 8.46. The van der Waals surface area contributed by atoms with Crippen molar-refractivity contribution in [3.63, 3.8) is 0 Å². The molecule has 0 spiro atoms. The second-order valence-electron chi connectivity index (χ2n) is 4.98. The largest absolute Gasteiger partial charge is 0.496 e. The number of rotatable bonds is 3. The fraction of sp³-hybridized carbons (Fsp3) is 0.571. The van der Waals surface area contributed by atoms with E-state index in [1.165, 1.54) is 7.11 Å². The van der Waals surface area contributed by atoms with Gasteiger partial charge in [0.1, 0.15) is 5.75 Å². The topological polar surface area (TPSA) is 21.3 Å². The molecule has 0 radical (unpaired) electrons. The van der Waals surface area contributed by atoms with E-state index in [4.69, 9.17) is 4.74 Å². The lowest BCUT2D eigenvalue weighted by Gasteiger charge is -2.26. The number of nitrogens with one attached hydrogen (secondary N) is 1. The van der Waals surface area contributed by atoms with Crippen LogP contribution < -0.4 is 10.1 Å². The second kappa shape index (κ2) is 4.84. The minimum absolute atomic E-state index is 0.0243. The Balaban J connectivity index is 2.48. The molecule has 1 atom stereocenters. The molecule has 2 nitrogen and oxygen atoms in total. The third kappa shape index (κ3) is 2.21. The van der Waals surface area contributed by atoms with Crippen LogP contribution in [0.15, 0.2) is 12.1 Å². The highest BCUT2D eigenvalue weighted by molar-refractivity contribution is 5.46. The summed E-state index contributed by atoms with van der Waals surface area (Å²) < 4.78 is 34.3. The molecule has 1 saturated heterocycles. The molecule has 0 aliphatic carbocycles. The summed E-state index contributed by atoms with van der Waals surface area (Å²) in [6, 6.07) is 3.41. The van der Waals surface area contributed by atoms with Gasteiger partial charge in [0, 0.05) is 12.5 Å². The van der Waals surface area contributed by atoms with E-state index in [1.807, 2.05) is 13.0 Å². The Morgan fingerprint density at radius 2 is 2.06 bits per heavy atom. The van der Waals surface area contributed by atoms with Gasteiger partial charge in [-0.2, -0.15) is 0 Å². The van der Waals surface area contributed by atoms with Crippen LogP contribution in [-0.4, -0.2) is 20.2 Å². The van der Waals surface area contributed by atoms with Gasteiger partial charge in [0.2, 0.25) is 0 Å². The van der Waals surface area contributed by atoms with E-state index in [2.05, 4.69) is 5.32 Å². The van der Waals surface area contributed by atoms with Gasteiger partial charge in [0.25, 0.3) is 5.92 Å². The van der Waals surface area contributed by atoms with Crippen molar-refractivity contribution in [3.8, 4) is 5.75 Å². The van der Waals surface area contributed by atoms with Crippen molar-refractivity contribution < 1.29 is 13.5 Å². The van der Waals surface area contributed by atoms with Crippen LogP contribution >= 0.6 is 0 Å². The number of methoxy groups -OCH3 is 1. The molecule has 2 rings (SSSR count). The first kappa shape index (κ1) is 13.3. The van der Waals surface area contributed by atoms with Gasteiger partial charge in [-0.25, -0.2) is 8.78 Å². The number of alkyl halides is 2. The zero-order valence-corrected chi connectivity index (χ0v) is 11.0. The van der Waals surface area contributed by atoms with Crippen molar-refractivity contribution in [2.75, 3.05) is 20.2 Å². The average molecular weight is 255 g/mol. The van der Waals surface area contributed by atoms with Gasteiger partial charge in [-0.1, -0.05) is 11.6 Å². The Labute approximate surface area is 106 Å². The monoisotopic (exact) mass is 255 g/mol. The average Bonchev–Trinajstić information content (AvgIpc) is 2.82. The minimum atomic E-state index is -2.84. The van der Waals surface area contributed by atoms with Crippen LogP contribution in [0.25, 0.3) is 0 Å². The maximum atomic E-state index is 14.5. The van der Waals surface area contributed by atoms with Gasteiger partial charge in [-0.15, -0.1) is 0 Å². The maximum Gasteiger partial charge on any atom is 0.280 e. The molecule has 1 aliphatic heterocycles. The summed E-state index contributed by atoms with van der Waals surface area (Å²) in [5.74, 6) is -3.17. The lowest BCUT2D eigenvalue weighted by Crippen LogP contribution is -2.28. The second-order valence-corrected chi connectivity index (χ2v) is 4.98. The maximum absolute atomic E-state index is 14.5. The van der Waals surface area contributed by atoms with Gasteiger partial charge in [-0.05, 0) is 38.4 Å². The zero-order chi connectivity index (χ0) is 13.3. The van der Waals surface area contributed by atoms with Crippen molar-refractivity contribution >= 4 is 0 Å². The highest BCUT2D eigenvalue weighted by Gasteiger charge is 2.44. The van der Waals surface area contributed by atoms with E-state index in [-0.39, 0.29) is 5.56 Å². The third-order valence-corrected chi connectivity index (χ3v) is 3.56. The number of halogens is 2. The lowest BCUT2D eigenvalue weighted by molar-refractivity contribution is -0.0593. The molecule has 100 valence electrons. The summed E-state index contributed by atoms with van der Waals surface area (Å²) >= 11 is 0. The van der Waals surface area contributed by atoms with E-state index in [0.29, 0.717) is 25.3 Å². The number of hydrogen-bond acceptors (Lipinski definition) is 2. The van der Waals surface area contributed by atoms with Crippen molar-refractivity contribution in [2.24, 2.45) is 5.92 Å². The predicted molar refractivity (Wildman–Crippen MR) is 67.3 cm³/mol. The third-order valence-electron chi connectivity index (χ3n) is 3.56. The molecule has 1 aliphatic rings. The van der Waals surface area contributed by atoms with Crippen LogP contribution in [-0.2, 0) is 5.92 Å². The van der Waals surface area contributed by atoms with Crippen molar-refractivity contribution in [3.05, 3.63) is 28.8 Å². The van der Waals surface area contributed by atoms with Crippen LogP contribution in [0, 0.1) is 19.8 Å². The van der Waals surface area contributed by atoms with Crippen molar-refractivity contribution in [1.29, 1.82) is 0 Å². The summed E-state index contributed by atoms with van der Waals surface area (Å²) in [6.45, 7) is 4.66. The van der Waals surface area contributed by atoms with Gasteiger partial charge in [0.15, 0.2) is 0 Å². The number of ether oxygens (including phenoxy) is 1. The molecule has 1 aromatic rings. The van der Waals surface area contributed by atoms with Crippen LogP contribution in [0.1, 0.15) is 23.1 Å². The van der Waals surface area contributed by atoms with Gasteiger partial charge >= 0.3 is 0 Å². The zero-order valence-electron chi connectivity index (χ0n) is 11.0. The molecule has 1 aromatic carbocycles. The summed E-state index contributed by atoms with van der Waals surface area (Å²) in [5, 5.41) is 2.99. The molecule has 0 aromatic heterocycles. The van der Waals surface area contributed by atoms with Gasteiger partial charge in [-0.3, -0.25) is 0 Å². The highest BCUT2D eigenvalue weighted by atomic mass is 19.3. The molecule has 0 saturated carbocycles. The highest BCUT2D eigenvalue weighted by Crippen LogP contribution is 2.44. The molecule has 1 heterocycles.